The highest BCUT2D eigenvalue weighted by Crippen LogP contribution is 2.50. The van der Waals surface area contributed by atoms with Crippen molar-refractivity contribution < 1.29 is 18.9 Å². The SMILES string of the molecule is CSN1c2cc3c(cc2B2c4cc5c(cc4N(SC)c4cc(-c6ccccc6C)cc1c42)Oc1cc(-c2ccccc2C)cc2c1B5c1sc4ccccc4c1O2)B1c2sc4ccccc4c2Oc2cc(-c4ccccc4C)cc(c21)O3. The van der Waals surface area contributed by atoms with Crippen LogP contribution in [0.5, 0.6) is 46.0 Å². The number of anilines is 4. The minimum Gasteiger partial charge on any atom is -0.458 e. The Balaban J connectivity index is 0.901. The van der Waals surface area contributed by atoms with Gasteiger partial charge in [0.15, 0.2) is 0 Å². The van der Waals surface area contributed by atoms with Gasteiger partial charge >= 0.3 is 0 Å². The molecular formula is C69H45B3N2O4S4. The van der Waals surface area contributed by atoms with Gasteiger partial charge in [-0.05, 0) is 183 Å². The van der Waals surface area contributed by atoms with Crippen LogP contribution in [0.3, 0.4) is 0 Å². The van der Waals surface area contributed by atoms with E-state index in [0.29, 0.717) is 0 Å². The summed E-state index contributed by atoms with van der Waals surface area (Å²) in [6.45, 7) is 6.14. The van der Waals surface area contributed by atoms with Gasteiger partial charge in [-0.15, -0.1) is 22.7 Å². The van der Waals surface area contributed by atoms with Crippen LogP contribution >= 0.6 is 46.6 Å². The molecule has 8 heterocycles. The van der Waals surface area contributed by atoms with Gasteiger partial charge in [0, 0.05) is 65.3 Å². The number of ether oxygens (including phenoxy) is 4. The largest absolute Gasteiger partial charge is 0.458 e. The van der Waals surface area contributed by atoms with Gasteiger partial charge in [0.2, 0.25) is 0 Å². The average Bonchev–Trinajstić information content (AvgIpc) is 1.35. The van der Waals surface area contributed by atoms with Crippen molar-refractivity contribution in [1.82, 2.24) is 0 Å². The second-order valence-electron chi connectivity index (χ2n) is 22.3. The van der Waals surface area contributed by atoms with Crippen LogP contribution in [0.1, 0.15) is 16.7 Å². The Hall–Kier alpha value is -8.19. The maximum absolute atomic E-state index is 7.39. The van der Waals surface area contributed by atoms with Gasteiger partial charge in [0.25, 0.3) is 20.1 Å². The first-order chi connectivity index (χ1) is 40.3. The molecule has 0 N–H and O–H groups in total. The van der Waals surface area contributed by atoms with E-state index < -0.39 is 0 Å². The van der Waals surface area contributed by atoms with E-state index >= 15 is 0 Å². The molecule has 6 nitrogen and oxygen atoms in total. The lowest BCUT2D eigenvalue weighted by Crippen LogP contribution is -2.64. The maximum atomic E-state index is 7.39. The molecule has 388 valence electrons. The third-order valence-electron chi connectivity index (χ3n) is 17.9. The zero-order chi connectivity index (χ0) is 54.4. The minimum atomic E-state index is -0.166. The molecule has 0 saturated carbocycles. The molecule has 0 atom stereocenters. The van der Waals surface area contributed by atoms with E-state index in [1.807, 2.05) is 22.7 Å². The quantitative estimate of drug-likeness (QED) is 0.125. The lowest BCUT2D eigenvalue weighted by molar-refractivity contribution is 0.468. The van der Waals surface area contributed by atoms with Crippen molar-refractivity contribution in [2.24, 2.45) is 0 Å². The lowest BCUT2D eigenvalue weighted by Gasteiger charge is -2.44. The van der Waals surface area contributed by atoms with Crippen molar-refractivity contribution in [3.8, 4) is 79.4 Å². The predicted molar refractivity (Wildman–Crippen MR) is 352 cm³/mol. The molecule has 0 spiro atoms. The third kappa shape index (κ3) is 6.53. The zero-order valence-corrected chi connectivity index (χ0v) is 48.5. The first-order valence-electron chi connectivity index (χ1n) is 27.8. The number of aryl methyl sites for hydroxylation is 3. The van der Waals surface area contributed by atoms with Crippen LogP contribution in [0, 0.1) is 20.8 Å². The molecular weight excluding hydrogens is 1080 g/mol. The molecule has 0 fully saturated rings. The molecule has 0 amide bonds. The molecule has 0 unspecified atom stereocenters. The summed E-state index contributed by atoms with van der Waals surface area (Å²) in [5.74, 6) is 6.95. The molecule has 0 radical (unpaired) electrons. The predicted octanol–water partition coefficient (Wildman–Crippen LogP) is 13.5. The number of thiophene rings is 2. The van der Waals surface area contributed by atoms with E-state index in [-0.39, 0.29) is 20.1 Å². The van der Waals surface area contributed by atoms with E-state index in [0.717, 1.165) is 112 Å². The van der Waals surface area contributed by atoms with Gasteiger partial charge in [-0.25, -0.2) is 0 Å². The maximum Gasteiger partial charge on any atom is 0.273 e. The normalized spacial score (nSPS) is 14.0. The number of hydrogen-bond acceptors (Lipinski definition) is 10. The molecule has 0 saturated heterocycles. The number of fused-ring (bicyclic) bond motifs is 16. The molecule has 0 aliphatic carbocycles. The highest BCUT2D eigenvalue weighted by molar-refractivity contribution is 8.00. The Morgan fingerprint density at radius 3 is 1.15 bits per heavy atom. The standard InChI is InChI=1S/C69H45B3N2O4S4/c1-36-16-6-9-19-42(36)39-26-53-63-54(27-39)74(80-5)52-35-56-50(72-65-58(76-56)29-41(44-21-11-8-18-38(44)3)31-60(65)78-67-46-23-13-15-25-62(46)82-69(67)72)33-48(52)70(63)47-32-49-55(34-51(47)73(53)79-4)75-57-28-40(43-20-10-7-17-37(43)2)30-59-64(57)71(49)68-66(77-59)45-22-12-14-24-61(45)81-68/h6-35H,1-5H3. The molecule has 18 rings (SSSR count). The third-order valence-corrected chi connectivity index (χ3v) is 21.9. The summed E-state index contributed by atoms with van der Waals surface area (Å²) in [5.41, 5.74) is 23.3. The summed E-state index contributed by atoms with van der Waals surface area (Å²) in [6.07, 6.45) is 4.42. The Kier molecular flexibility index (Phi) is 10.1. The minimum absolute atomic E-state index is 0.131. The van der Waals surface area contributed by atoms with E-state index in [9.17, 15) is 0 Å². The summed E-state index contributed by atoms with van der Waals surface area (Å²) in [5, 5.41) is 2.27. The molecule has 6 aliphatic rings. The van der Waals surface area contributed by atoms with Gasteiger partial charge in [0.1, 0.15) is 46.0 Å². The second kappa shape index (κ2) is 17.4. The number of benzene rings is 10. The van der Waals surface area contributed by atoms with Crippen molar-refractivity contribution in [1.29, 1.82) is 0 Å². The Labute approximate surface area is 492 Å². The van der Waals surface area contributed by atoms with E-state index in [1.54, 1.807) is 23.9 Å². The fourth-order valence-electron chi connectivity index (χ4n) is 14.3. The summed E-state index contributed by atoms with van der Waals surface area (Å²) in [6, 6.07) is 66.9. The second-order valence-corrected chi connectivity index (χ2v) is 25.9. The highest BCUT2D eigenvalue weighted by Gasteiger charge is 2.50. The van der Waals surface area contributed by atoms with Crippen LogP contribution in [-0.4, -0.2) is 32.6 Å². The lowest BCUT2D eigenvalue weighted by atomic mass is 9.30. The molecule has 6 aliphatic heterocycles. The summed E-state index contributed by atoms with van der Waals surface area (Å²) >= 11 is 7.17. The number of rotatable bonds is 5. The Bertz CT molecular complexity index is 4590. The molecule has 0 bridgehead atoms. The van der Waals surface area contributed by atoms with Crippen LogP contribution in [0.2, 0.25) is 0 Å². The van der Waals surface area contributed by atoms with Crippen LogP contribution in [0.15, 0.2) is 182 Å². The van der Waals surface area contributed by atoms with Gasteiger partial charge in [-0.2, -0.15) is 0 Å². The Morgan fingerprint density at radius 2 is 0.732 bits per heavy atom. The van der Waals surface area contributed by atoms with Crippen molar-refractivity contribution in [3.05, 3.63) is 199 Å². The molecule has 13 heteroatoms. The van der Waals surface area contributed by atoms with Crippen LogP contribution < -0.4 is 75.4 Å². The number of nitrogens with zero attached hydrogens (tertiary/aromatic N) is 2. The average molecular weight is 1130 g/mol. The monoisotopic (exact) mass is 1130 g/mol. The fourth-order valence-corrected chi connectivity index (χ4v) is 18.2. The molecule has 12 aromatic rings. The van der Waals surface area contributed by atoms with Crippen LogP contribution in [0.25, 0.3) is 53.6 Å². The van der Waals surface area contributed by atoms with Crippen molar-refractivity contribution in [2.75, 3.05) is 21.1 Å². The van der Waals surface area contributed by atoms with Gasteiger partial charge in [-0.1, -0.05) is 109 Å². The summed E-state index contributed by atoms with van der Waals surface area (Å²) in [7, 11) is 0. The summed E-state index contributed by atoms with van der Waals surface area (Å²) < 4.78 is 38.9. The smallest absolute Gasteiger partial charge is 0.273 e. The summed E-state index contributed by atoms with van der Waals surface area (Å²) in [4.78, 5) is 0. The van der Waals surface area contributed by atoms with E-state index in [1.165, 1.54) is 74.5 Å². The topological polar surface area (TPSA) is 43.4 Å². The number of hydrogen-bond donors (Lipinski definition) is 0. The van der Waals surface area contributed by atoms with Crippen LogP contribution in [0.4, 0.5) is 22.7 Å². The van der Waals surface area contributed by atoms with Crippen molar-refractivity contribution in [2.45, 2.75) is 20.8 Å². The van der Waals surface area contributed by atoms with E-state index in [4.69, 9.17) is 18.9 Å². The van der Waals surface area contributed by atoms with Gasteiger partial charge in [0.05, 0.1) is 22.7 Å². The van der Waals surface area contributed by atoms with Crippen molar-refractivity contribution in [3.63, 3.8) is 0 Å². The fraction of sp³-hybridized carbons (Fsp3) is 0.0725. The zero-order valence-electron chi connectivity index (χ0n) is 45.2. The molecule has 10 aromatic carbocycles. The van der Waals surface area contributed by atoms with Crippen LogP contribution in [-0.2, 0) is 0 Å². The first kappa shape index (κ1) is 47.5. The first-order valence-corrected chi connectivity index (χ1v) is 31.8. The highest BCUT2D eigenvalue weighted by atomic mass is 32.2. The van der Waals surface area contributed by atoms with Gasteiger partial charge < -0.3 is 18.9 Å². The Morgan fingerprint density at radius 1 is 0.354 bits per heavy atom. The molecule has 82 heavy (non-hydrogen) atoms. The van der Waals surface area contributed by atoms with E-state index in [2.05, 4.69) is 224 Å². The van der Waals surface area contributed by atoms with Gasteiger partial charge in [-0.3, -0.25) is 8.61 Å². The molecule has 2 aromatic heterocycles. The van der Waals surface area contributed by atoms with Crippen molar-refractivity contribution >= 4 is 157 Å².